The highest BCUT2D eigenvalue weighted by molar-refractivity contribution is 7.92. The van der Waals surface area contributed by atoms with E-state index >= 15 is 0 Å². The van der Waals surface area contributed by atoms with E-state index < -0.39 is 33.4 Å². The molecular formula is C19H18ClF3N6O2S. The SMILES string of the molecule is C[C@H](NC(=O)c1cc(Cl)cc(C(F)(F)F)c1)c1ncnn1-c1ccc(N=S(C)(C)=O)cn1. The summed E-state index contributed by atoms with van der Waals surface area (Å²) in [7, 11) is -2.35. The number of pyridine rings is 1. The molecule has 1 atom stereocenters. The van der Waals surface area contributed by atoms with Crippen LogP contribution in [-0.2, 0) is 15.9 Å². The van der Waals surface area contributed by atoms with Crippen LogP contribution < -0.4 is 5.32 Å². The highest BCUT2D eigenvalue weighted by Crippen LogP contribution is 2.32. The number of nitrogens with zero attached hydrogens (tertiary/aromatic N) is 5. The molecule has 0 saturated heterocycles. The summed E-state index contributed by atoms with van der Waals surface area (Å²) in [5.41, 5.74) is -0.841. The molecule has 0 aliphatic rings. The van der Waals surface area contributed by atoms with Crippen LogP contribution in [0.2, 0.25) is 5.02 Å². The third-order valence-electron chi connectivity index (χ3n) is 4.07. The van der Waals surface area contributed by atoms with Crippen LogP contribution in [0, 0.1) is 0 Å². The summed E-state index contributed by atoms with van der Waals surface area (Å²) in [5, 5.41) is 6.46. The second-order valence-electron chi connectivity index (χ2n) is 7.10. The molecule has 13 heteroatoms. The molecule has 0 aliphatic heterocycles. The fourth-order valence-corrected chi connectivity index (χ4v) is 3.61. The molecule has 0 radical (unpaired) electrons. The van der Waals surface area contributed by atoms with E-state index in [2.05, 4.69) is 24.7 Å². The minimum Gasteiger partial charge on any atom is -0.342 e. The van der Waals surface area contributed by atoms with E-state index in [-0.39, 0.29) is 10.6 Å². The Balaban J connectivity index is 1.83. The quantitative estimate of drug-likeness (QED) is 0.582. The van der Waals surface area contributed by atoms with E-state index in [4.69, 9.17) is 11.6 Å². The van der Waals surface area contributed by atoms with Crippen LogP contribution in [0.5, 0.6) is 0 Å². The summed E-state index contributed by atoms with van der Waals surface area (Å²) in [6, 6.07) is 5.08. The first-order valence-corrected chi connectivity index (χ1v) is 11.8. The maximum Gasteiger partial charge on any atom is 0.416 e. The van der Waals surface area contributed by atoms with Gasteiger partial charge in [0.15, 0.2) is 11.6 Å². The van der Waals surface area contributed by atoms with Crippen molar-refractivity contribution in [2.75, 3.05) is 12.5 Å². The topological polar surface area (TPSA) is 102 Å². The van der Waals surface area contributed by atoms with Crippen LogP contribution in [0.1, 0.15) is 34.7 Å². The summed E-state index contributed by atoms with van der Waals surface area (Å²) < 4.78 is 56.3. The van der Waals surface area contributed by atoms with Crippen molar-refractivity contribution in [2.24, 2.45) is 4.36 Å². The van der Waals surface area contributed by atoms with Crippen molar-refractivity contribution in [3.05, 3.63) is 64.8 Å². The number of nitrogens with one attached hydrogen (secondary N) is 1. The Labute approximate surface area is 187 Å². The lowest BCUT2D eigenvalue weighted by Crippen LogP contribution is -2.29. The smallest absolute Gasteiger partial charge is 0.342 e. The highest BCUT2D eigenvalue weighted by Gasteiger charge is 2.32. The van der Waals surface area contributed by atoms with Gasteiger partial charge >= 0.3 is 6.18 Å². The Morgan fingerprint density at radius 1 is 1.22 bits per heavy atom. The van der Waals surface area contributed by atoms with Gasteiger partial charge in [0.1, 0.15) is 6.33 Å². The number of hydrogen-bond donors (Lipinski definition) is 1. The van der Waals surface area contributed by atoms with Crippen LogP contribution in [0.3, 0.4) is 0 Å². The van der Waals surface area contributed by atoms with Gasteiger partial charge in [-0.15, -0.1) is 0 Å². The molecule has 3 aromatic rings. The number of alkyl halides is 3. The van der Waals surface area contributed by atoms with E-state index in [0.717, 1.165) is 18.2 Å². The molecule has 1 amide bonds. The average Bonchev–Trinajstić information content (AvgIpc) is 3.16. The standard InChI is InChI=1S/C19H18ClF3N6O2S/c1-11(27-18(30)12-6-13(19(21,22)23)8-14(20)7-12)17-25-10-26-29(17)16-5-4-15(9-24-16)28-32(2,3)31/h4-11H,1-3H3,(H,27,30)/t11-/m0/s1. The van der Waals surface area contributed by atoms with Gasteiger partial charge in [-0.1, -0.05) is 11.6 Å². The molecule has 0 spiro atoms. The fraction of sp³-hybridized carbons (Fsp3) is 0.263. The fourth-order valence-electron chi connectivity index (χ4n) is 2.76. The van der Waals surface area contributed by atoms with Crippen molar-refractivity contribution >= 4 is 32.9 Å². The Morgan fingerprint density at radius 2 is 1.94 bits per heavy atom. The first kappa shape index (κ1) is 23.7. The average molecular weight is 487 g/mol. The maximum atomic E-state index is 13.0. The van der Waals surface area contributed by atoms with Gasteiger partial charge in [-0.05, 0) is 37.3 Å². The Bertz CT molecular complexity index is 1260. The molecule has 0 aliphatic carbocycles. The predicted molar refractivity (Wildman–Crippen MR) is 114 cm³/mol. The largest absolute Gasteiger partial charge is 0.416 e. The molecule has 2 heterocycles. The second-order valence-corrected chi connectivity index (χ2v) is 10.1. The Hall–Kier alpha value is -2.99. The van der Waals surface area contributed by atoms with Crippen molar-refractivity contribution in [2.45, 2.75) is 19.1 Å². The first-order valence-electron chi connectivity index (χ1n) is 9.05. The normalized spacial score (nSPS) is 13.0. The molecule has 8 nitrogen and oxygen atoms in total. The zero-order valence-electron chi connectivity index (χ0n) is 17.1. The van der Waals surface area contributed by atoms with E-state index in [1.807, 2.05) is 0 Å². The van der Waals surface area contributed by atoms with Crippen LogP contribution in [-0.4, -0.2) is 42.4 Å². The summed E-state index contributed by atoms with van der Waals surface area (Å²) in [4.78, 5) is 20.9. The van der Waals surface area contributed by atoms with Crippen molar-refractivity contribution < 1.29 is 22.2 Å². The predicted octanol–water partition coefficient (Wildman–Crippen LogP) is 4.18. The lowest BCUT2D eigenvalue weighted by atomic mass is 10.1. The molecule has 3 rings (SSSR count). The van der Waals surface area contributed by atoms with Gasteiger partial charge in [0.05, 0.1) is 23.5 Å². The molecule has 1 aromatic carbocycles. The third-order valence-corrected chi connectivity index (χ3v) is 4.94. The number of carbonyl (C=O) groups excluding carboxylic acids is 1. The minimum absolute atomic E-state index is 0.210. The van der Waals surface area contributed by atoms with Gasteiger partial charge in [-0.3, -0.25) is 4.79 Å². The molecule has 32 heavy (non-hydrogen) atoms. The molecule has 0 fully saturated rings. The van der Waals surface area contributed by atoms with Crippen LogP contribution in [0.4, 0.5) is 18.9 Å². The van der Waals surface area contributed by atoms with Crippen LogP contribution in [0.25, 0.3) is 5.82 Å². The van der Waals surface area contributed by atoms with Gasteiger partial charge in [-0.2, -0.15) is 27.3 Å². The monoisotopic (exact) mass is 486 g/mol. The second kappa shape index (κ2) is 8.87. The number of benzene rings is 1. The van der Waals surface area contributed by atoms with Crippen molar-refractivity contribution in [3.63, 3.8) is 0 Å². The first-order chi connectivity index (χ1) is 14.8. The zero-order chi connectivity index (χ0) is 23.7. The van der Waals surface area contributed by atoms with Gasteiger partial charge in [0.2, 0.25) is 0 Å². The van der Waals surface area contributed by atoms with Gasteiger partial charge < -0.3 is 5.32 Å². The van der Waals surface area contributed by atoms with Crippen LogP contribution in [0.15, 0.2) is 47.2 Å². The van der Waals surface area contributed by atoms with E-state index in [0.29, 0.717) is 17.3 Å². The van der Waals surface area contributed by atoms with E-state index in [1.165, 1.54) is 29.7 Å². The molecular weight excluding hydrogens is 469 g/mol. The van der Waals surface area contributed by atoms with E-state index in [9.17, 15) is 22.2 Å². The van der Waals surface area contributed by atoms with E-state index in [1.54, 1.807) is 19.1 Å². The van der Waals surface area contributed by atoms with Crippen LogP contribution >= 0.6 is 11.6 Å². The molecule has 0 bridgehead atoms. The number of amides is 1. The zero-order valence-corrected chi connectivity index (χ0v) is 18.7. The number of hydrogen-bond acceptors (Lipinski definition) is 6. The summed E-state index contributed by atoms with van der Waals surface area (Å²) >= 11 is 5.75. The number of aromatic nitrogens is 4. The van der Waals surface area contributed by atoms with Gasteiger partial charge in [0.25, 0.3) is 5.91 Å². The van der Waals surface area contributed by atoms with Gasteiger partial charge in [0, 0.05) is 32.8 Å². The number of rotatable bonds is 5. The summed E-state index contributed by atoms with van der Waals surface area (Å²) in [5.74, 6) is -0.107. The lowest BCUT2D eigenvalue weighted by molar-refractivity contribution is -0.137. The highest BCUT2D eigenvalue weighted by atomic mass is 35.5. The molecule has 0 saturated carbocycles. The minimum atomic E-state index is -4.64. The maximum absolute atomic E-state index is 13.0. The number of halogens is 4. The molecule has 0 unspecified atom stereocenters. The Kier molecular flexibility index (Phi) is 6.56. The third kappa shape index (κ3) is 5.82. The molecule has 2 aromatic heterocycles. The number of carbonyl (C=O) groups is 1. The summed E-state index contributed by atoms with van der Waals surface area (Å²) in [6.45, 7) is 1.60. The van der Waals surface area contributed by atoms with Crippen molar-refractivity contribution in [1.29, 1.82) is 0 Å². The van der Waals surface area contributed by atoms with Crippen molar-refractivity contribution in [1.82, 2.24) is 25.1 Å². The molecule has 170 valence electrons. The van der Waals surface area contributed by atoms with Gasteiger partial charge in [-0.25, -0.2) is 14.2 Å². The Morgan fingerprint density at radius 3 is 2.53 bits per heavy atom. The lowest BCUT2D eigenvalue weighted by Gasteiger charge is -2.15. The summed E-state index contributed by atoms with van der Waals surface area (Å²) in [6.07, 6.45) is 1.03. The molecule has 1 N–H and O–H groups in total. The van der Waals surface area contributed by atoms with Crippen molar-refractivity contribution in [3.8, 4) is 5.82 Å².